The van der Waals surface area contributed by atoms with E-state index in [4.69, 9.17) is 4.74 Å². The molecule has 240 valence electrons. The molecule has 3 amide bonds. The van der Waals surface area contributed by atoms with Crippen molar-refractivity contribution < 1.29 is 37.4 Å². The van der Waals surface area contributed by atoms with Gasteiger partial charge in [0.05, 0.1) is 23.8 Å². The second-order valence-corrected chi connectivity index (χ2v) is 12.0. The van der Waals surface area contributed by atoms with E-state index in [1.165, 1.54) is 38.2 Å². The van der Waals surface area contributed by atoms with Crippen molar-refractivity contribution in [2.75, 3.05) is 16.4 Å². The Bertz CT molecular complexity index is 1710. The van der Waals surface area contributed by atoms with Crippen LogP contribution in [0.1, 0.15) is 61.4 Å². The Labute approximate surface area is 263 Å². The lowest BCUT2D eigenvalue weighted by atomic mass is 9.87. The molecule has 2 atom stereocenters. The first-order chi connectivity index (χ1) is 21.7. The summed E-state index contributed by atoms with van der Waals surface area (Å²) in [5.41, 5.74) is -0.551. The van der Waals surface area contributed by atoms with Gasteiger partial charge >= 0.3 is 6.09 Å². The summed E-state index contributed by atoms with van der Waals surface area (Å²) in [5, 5.41) is 22.8. The van der Waals surface area contributed by atoms with Crippen LogP contribution in [-0.4, -0.2) is 52.6 Å². The molecule has 1 aliphatic heterocycles. The number of aliphatic hydroxyl groups is 1. The van der Waals surface area contributed by atoms with Gasteiger partial charge in [0, 0.05) is 37.2 Å². The van der Waals surface area contributed by atoms with Gasteiger partial charge < -0.3 is 15.2 Å². The molecule has 2 fully saturated rings. The Hall–Kier alpha value is -4.96. The average Bonchev–Trinajstić information content (AvgIpc) is 2.98. The van der Waals surface area contributed by atoms with Crippen molar-refractivity contribution in [1.82, 2.24) is 10.3 Å². The van der Waals surface area contributed by atoms with Gasteiger partial charge in [-0.3, -0.25) is 14.5 Å². The molecular formula is C33H32F3N5O5. The van der Waals surface area contributed by atoms with Crippen LogP contribution in [-0.2, 0) is 19.9 Å². The molecule has 2 aromatic carbocycles. The van der Waals surface area contributed by atoms with Gasteiger partial charge in [-0.05, 0) is 67.8 Å². The van der Waals surface area contributed by atoms with Crippen molar-refractivity contribution in [3.8, 4) is 6.07 Å². The van der Waals surface area contributed by atoms with Gasteiger partial charge in [0.1, 0.15) is 23.7 Å². The monoisotopic (exact) mass is 635 g/mol. The van der Waals surface area contributed by atoms with Crippen molar-refractivity contribution in [1.29, 1.82) is 5.26 Å². The molecule has 1 saturated carbocycles. The molecule has 0 bridgehead atoms. The minimum absolute atomic E-state index is 0.0629. The lowest BCUT2D eigenvalue weighted by molar-refractivity contribution is -0.133. The molecule has 2 N–H and O–H groups in total. The molecule has 1 aliphatic carbocycles. The largest absolute Gasteiger partial charge is 0.449 e. The van der Waals surface area contributed by atoms with Gasteiger partial charge in [-0.15, -0.1) is 0 Å². The maximum Gasteiger partial charge on any atom is 0.416 e. The molecular weight excluding hydrogens is 603 g/mol. The van der Waals surface area contributed by atoms with Crippen LogP contribution in [0.4, 0.5) is 29.5 Å². The number of benzene rings is 2. The van der Waals surface area contributed by atoms with E-state index < -0.39 is 66.2 Å². The fourth-order valence-corrected chi connectivity index (χ4v) is 5.66. The van der Waals surface area contributed by atoms with Crippen LogP contribution >= 0.6 is 0 Å². The lowest BCUT2D eigenvalue weighted by Gasteiger charge is -2.41. The molecule has 13 heteroatoms. The number of anilines is 2. The number of nitrogens with one attached hydrogen (secondary N) is 1. The van der Waals surface area contributed by atoms with Crippen LogP contribution in [0.15, 0.2) is 60.8 Å². The van der Waals surface area contributed by atoms with Gasteiger partial charge in [-0.1, -0.05) is 24.3 Å². The standard InChI is InChI=1S/C33H32F3N5O5/c1-19-6-4-5-7-25(19)28(29(42)39-23-16-33(35,36)17-23)40(24-14-21(32(2,3)45)13-22(34)15-24)30(43)26-9-11-46-31(44)41(26)27-12-20(18-37)8-10-38-27/h4-8,10,12-15,23,26,28,45H,9,11,16-17H2,1-3H3,(H,39,42). The van der Waals surface area contributed by atoms with E-state index in [9.17, 15) is 33.5 Å². The second-order valence-electron chi connectivity index (χ2n) is 12.0. The summed E-state index contributed by atoms with van der Waals surface area (Å²) in [4.78, 5) is 48.3. The second kappa shape index (κ2) is 12.4. The number of carbonyl (C=O) groups excluding carboxylic acids is 3. The highest BCUT2D eigenvalue weighted by atomic mass is 19.3. The molecule has 10 nitrogen and oxygen atoms in total. The van der Waals surface area contributed by atoms with Crippen molar-refractivity contribution >= 4 is 29.4 Å². The number of rotatable bonds is 8. The maximum absolute atomic E-state index is 15.3. The zero-order valence-corrected chi connectivity index (χ0v) is 25.3. The van der Waals surface area contributed by atoms with Crippen LogP contribution in [0.25, 0.3) is 0 Å². The van der Waals surface area contributed by atoms with Gasteiger partial charge in [-0.25, -0.2) is 27.8 Å². The van der Waals surface area contributed by atoms with E-state index in [-0.39, 0.29) is 35.7 Å². The smallest absolute Gasteiger partial charge is 0.416 e. The van der Waals surface area contributed by atoms with Crippen LogP contribution in [0.3, 0.4) is 0 Å². The number of cyclic esters (lactones) is 1. The van der Waals surface area contributed by atoms with Gasteiger partial charge in [0.25, 0.3) is 11.8 Å². The summed E-state index contributed by atoms with van der Waals surface area (Å²) < 4.78 is 48.0. The van der Waals surface area contributed by atoms with Crippen molar-refractivity contribution in [2.24, 2.45) is 0 Å². The Morgan fingerprint density at radius 1 is 1.20 bits per heavy atom. The van der Waals surface area contributed by atoms with E-state index in [1.54, 1.807) is 31.2 Å². The Kier molecular flexibility index (Phi) is 8.77. The first-order valence-corrected chi connectivity index (χ1v) is 14.6. The van der Waals surface area contributed by atoms with Crippen LogP contribution in [0, 0.1) is 24.1 Å². The van der Waals surface area contributed by atoms with Gasteiger partial charge in [-0.2, -0.15) is 5.26 Å². The summed E-state index contributed by atoms with van der Waals surface area (Å²) in [6, 6.07) is 11.0. The number of nitrogens with zero attached hydrogens (tertiary/aromatic N) is 4. The van der Waals surface area contributed by atoms with Crippen LogP contribution < -0.4 is 15.1 Å². The molecule has 2 heterocycles. The molecule has 0 radical (unpaired) electrons. The van der Waals surface area contributed by atoms with Crippen molar-refractivity contribution in [3.63, 3.8) is 0 Å². The number of halogens is 3. The summed E-state index contributed by atoms with van der Waals surface area (Å²) >= 11 is 0. The fraction of sp³-hybridized carbons (Fsp3) is 0.364. The summed E-state index contributed by atoms with van der Waals surface area (Å²) in [6.45, 7) is 4.37. The minimum Gasteiger partial charge on any atom is -0.449 e. The number of alkyl halides is 2. The zero-order valence-electron chi connectivity index (χ0n) is 25.3. The minimum atomic E-state index is -2.94. The quantitative estimate of drug-likeness (QED) is 0.354. The third kappa shape index (κ3) is 6.67. The lowest BCUT2D eigenvalue weighted by Crippen LogP contribution is -2.58. The molecule has 5 rings (SSSR count). The SMILES string of the molecule is Cc1ccccc1C(C(=O)NC1CC(F)(F)C1)N(C(=O)C1CCOC(=O)N1c1cc(C#N)ccn1)c1cc(F)cc(C(C)(C)O)c1. The number of aromatic nitrogens is 1. The Balaban J connectivity index is 1.69. The third-order valence-electron chi connectivity index (χ3n) is 8.06. The average molecular weight is 636 g/mol. The van der Waals surface area contributed by atoms with Crippen molar-refractivity contribution in [2.45, 2.75) is 69.7 Å². The Morgan fingerprint density at radius 2 is 1.91 bits per heavy atom. The predicted molar refractivity (Wildman–Crippen MR) is 160 cm³/mol. The summed E-state index contributed by atoms with van der Waals surface area (Å²) in [5.74, 6) is -5.46. The highest BCUT2D eigenvalue weighted by Crippen LogP contribution is 2.39. The fourth-order valence-electron chi connectivity index (χ4n) is 5.66. The van der Waals surface area contributed by atoms with Gasteiger partial charge in [0.2, 0.25) is 5.91 Å². The molecule has 1 saturated heterocycles. The van der Waals surface area contributed by atoms with E-state index in [0.29, 0.717) is 11.1 Å². The Morgan fingerprint density at radius 3 is 2.57 bits per heavy atom. The zero-order chi connectivity index (χ0) is 33.4. The number of hydrogen-bond donors (Lipinski definition) is 2. The molecule has 1 aromatic heterocycles. The van der Waals surface area contributed by atoms with E-state index in [0.717, 1.165) is 21.9 Å². The molecule has 2 aliphatic rings. The number of ether oxygens (including phenoxy) is 1. The summed E-state index contributed by atoms with van der Waals surface area (Å²) in [7, 11) is 0. The van der Waals surface area contributed by atoms with Crippen LogP contribution in [0.2, 0.25) is 0 Å². The number of pyridine rings is 1. The number of hydrogen-bond acceptors (Lipinski definition) is 7. The predicted octanol–water partition coefficient (Wildman–Crippen LogP) is 5.03. The normalized spacial score (nSPS) is 18.5. The third-order valence-corrected chi connectivity index (χ3v) is 8.06. The summed E-state index contributed by atoms with van der Waals surface area (Å²) in [6.07, 6.45) is -0.880. The van der Waals surface area contributed by atoms with Crippen molar-refractivity contribution in [3.05, 3.63) is 88.9 Å². The van der Waals surface area contributed by atoms with Gasteiger partial charge in [0.15, 0.2) is 0 Å². The number of carbonyl (C=O) groups is 3. The first-order valence-electron chi connectivity index (χ1n) is 14.6. The molecule has 2 unspecified atom stereocenters. The molecule has 0 spiro atoms. The van der Waals surface area contributed by atoms with E-state index in [2.05, 4.69) is 10.3 Å². The highest BCUT2D eigenvalue weighted by Gasteiger charge is 2.48. The first kappa shape index (κ1) is 32.4. The highest BCUT2D eigenvalue weighted by molar-refractivity contribution is 6.08. The number of amides is 3. The van der Waals surface area contributed by atoms with E-state index >= 15 is 4.39 Å². The topological polar surface area (TPSA) is 136 Å². The van der Waals surface area contributed by atoms with E-state index in [1.807, 2.05) is 6.07 Å². The molecule has 3 aromatic rings. The van der Waals surface area contributed by atoms with Crippen LogP contribution in [0.5, 0.6) is 0 Å². The number of aryl methyl sites for hydroxylation is 1. The molecule has 46 heavy (non-hydrogen) atoms. The maximum atomic E-state index is 15.3. The number of nitriles is 1.